The van der Waals surface area contributed by atoms with E-state index in [1.54, 1.807) is 0 Å². The van der Waals surface area contributed by atoms with Gasteiger partial charge in [-0.25, -0.2) is 9.48 Å². The van der Waals surface area contributed by atoms with E-state index in [1.165, 1.54) is 38.5 Å². The van der Waals surface area contributed by atoms with E-state index in [0.717, 1.165) is 23.4 Å². The van der Waals surface area contributed by atoms with Crippen molar-refractivity contribution in [2.75, 3.05) is 0 Å². The smallest absolute Gasteiger partial charge is 0.358 e. The molecule has 1 aromatic heterocycles. The summed E-state index contributed by atoms with van der Waals surface area (Å²) >= 11 is 0. The summed E-state index contributed by atoms with van der Waals surface area (Å²) in [6, 6.07) is 0. The zero-order valence-electron chi connectivity index (χ0n) is 11.9. The Morgan fingerprint density at radius 1 is 1.25 bits per heavy atom. The molecular formula is C15H21N3O2. The van der Waals surface area contributed by atoms with Crippen LogP contribution < -0.4 is 0 Å². The average Bonchev–Trinajstić information content (AvgIpc) is 2.81. The molecule has 108 valence electrons. The predicted molar refractivity (Wildman–Crippen MR) is 72.5 cm³/mol. The minimum atomic E-state index is -0.946. The van der Waals surface area contributed by atoms with Gasteiger partial charge in [0.15, 0.2) is 5.69 Å². The van der Waals surface area contributed by atoms with E-state index in [-0.39, 0.29) is 11.2 Å². The highest BCUT2D eigenvalue weighted by molar-refractivity contribution is 5.86. The molecule has 4 saturated carbocycles. The molecule has 5 nitrogen and oxygen atoms in total. The average molecular weight is 275 g/mol. The Labute approximate surface area is 118 Å². The molecule has 5 heteroatoms. The molecule has 5 rings (SSSR count). The van der Waals surface area contributed by atoms with Crippen LogP contribution in [0.3, 0.4) is 0 Å². The van der Waals surface area contributed by atoms with Crippen molar-refractivity contribution in [2.45, 2.75) is 57.4 Å². The SMILES string of the molecule is CCc1c(C(=O)O)nnn1C12CC3CC(CC(C3)C1)C2. The van der Waals surface area contributed by atoms with Gasteiger partial charge in [0.05, 0.1) is 11.2 Å². The highest BCUT2D eigenvalue weighted by Crippen LogP contribution is 2.58. The zero-order chi connectivity index (χ0) is 13.9. The van der Waals surface area contributed by atoms with Gasteiger partial charge in [-0.1, -0.05) is 12.1 Å². The van der Waals surface area contributed by atoms with E-state index in [4.69, 9.17) is 0 Å². The van der Waals surface area contributed by atoms with Crippen LogP contribution in [-0.2, 0) is 12.0 Å². The third-order valence-electron chi connectivity index (χ3n) is 5.76. The minimum Gasteiger partial charge on any atom is -0.476 e. The van der Waals surface area contributed by atoms with Crippen LogP contribution in [0.15, 0.2) is 0 Å². The topological polar surface area (TPSA) is 68.0 Å². The third-order valence-corrected chi connectivity index (χ3v) is 5.76. The molecule has 1 N–H and O–H groups in total. The lowest BCUT2D eigenvalue weighted by Crippen LogP contribution is -2.52. The Morgan fingerprint density at radius 3 is 2.25 bits per heavy atom. The van der Waals surface area contributed by atoms with Crippen molar-refractivity contribution in [1.82, 2.24) is 15.0 Å². The first-order valence-corrected chi connectivity index (χ1v) is 7.79. The second kappa shape index (κ2) is 4.06. The minimum absolute atomic E-state index is 0.0702. The fourth-order valence-electron chi connectivity index (χ4n) is 5.49. The fraction of sp³-hybridized carbons (Fsp3) is 0.800. The summed E-state index contributed by atoms with van der Waals surface area (Å²) < 4.78 is 2.01. The van der Waals surface area contributed by atoms with Gasteiger partial charge >= 0.3 is 5.97 Å². The van der Waals surface area contributed by atoms with Gasteiger partial charge in [-0.2, -0.15) is 0 Å². The molecule has 4 aliphatic carbocycles. The van der Waals surface area contributed by atoms with Gasteiger partial charge in [0.2, 0.25) is 0 Å². The molecule has 0 aliphatic heterocycles. The van der Waals surface area contributed by atoms with Gasteiger partial charge in [0, 0.05) is 0 Å². The summed E-state index contributed by atoms with van der Waals surface area (Å²) in [7, 11) is 0. The molecule has 0 saturated heterocycles. The summed E-state index contributed by atoms with van der Waals surface area (Å²) in [6.45, 7) is 2.00. The van der Waals surface area contributed by atoms with Crippen molar-refractivity contribution in [3.63, 3.8) is 0 Å². The van der Waals surface area contributed by atoms with Crippen LogP contribution in [0.5, 0.6) is 0 Å². The van der Waals surface area contributed by atoms with Gasteiger partial charge in [0.25, 0.3) is 0 Å². The lowest BCUT2D eigenvalue weighted by atomic mass is 9.53. The van der Waals surface area contributed by atoms with E-state index in [0.29, 0.717) is 6.42 Å². The molecule has 0 amide bonds. The highest BCUT2D eigenvalue weighted by atomic mass is 16.4. The third kappa shape index (κ3) is 1.58. The number of carboxylic acid groups (broad SMARTS) is 1. The van der Waals surface area contributed by atoms with Crippen molar-refractivity contribution >= 4 is 5.97 Å². The molecule has 1 aromatic rings. The van der Waals surface area contributed by atoms with Crippen molar-refractivity contribution in [2.24, 2.45) is 17.8 Å². The summed E-state index contributed by atoms with van der Waals surface area (Å²) in [5.41, 5.74) is 1.04. The van der Waals surface area contributed by atoms with Gasteiger partial charge in [0.1, 0.15) is 0 Å². The van der Waals surface area contributed by atoms with Crippen molar-refractivity contribution in [3.8, 4) is 0 Å². The predicted octanol–water partition coefficient (Wildman–Crippen LogP) is 2.46. The number of carbonyl (C=O) groups is 1. The first-order valence-electron chi connectivity index (χ1n) is 7.79. The van der Waals surface area contributed by atoms with E-state index < -0.39 is 5.97 Å². The lowest BCUT2D eigenvalue weighted by Gasteiger charge is -2.56. The number of rotatable bonds is 3. The molecule has 20 heavy (non-hydrogen) atoms. The molecule has 4 fully saturated rings. The first kappa shape index (κ1) is 12.4. The molecule has 0 atom stereocenters. The lowest BCUT2D eigenvalue weighted by molar-refractivity contribution is -0.0515. The van der Waals surface area contributed by atoms with E-state index in [1.807, 2.05) is 11.6 Å². The summed E-state index contributed by atoms with van der Waals surface area (Å²) in [5.74, 6) is 1.52. The van der Waals surface area contributed by atoms with Crippen LogP contribution in [0.1, 0.15) is 61.6 Å². The van der Waals surface area contributed by atoms with Crippen LogP contribution in [-0.4, -0.2) is 26.1 Å². The highest BCUT2D eigenvalue weighted by Gasteiger charge is 2.53. The molecular weight excluding hydrogens is 254 g/mol. The second-order valence-electron chi connectivity index (χ2n) is 7.10. The van der Waals surface area contributed by atoms with E-state index in [9.17, 15) is 9.90 Å². The summed E-state index contributed by atoms with van der Waals surface area (Å²) in [6.07, 6.45) is 8.34. The quantitative estimate of drug-likeness (QED) is 0.920. The van der Waals surface area contributed by atoms with Crippen molar-refractivity contribution in [1.29, 1.82) is 0 Å². The van der Waals surface area contributed by atoms with Gasteiger partial charge in [-0.3, -0.25) is 0 Å². The number of aromatic carboxylic acids is 1. The second-order valence-corrected chi connectivity index (χ2v) is 7.10. The maximum absolute atomic E-state index is 11.3. The Morgan fingerprint density at radius 2 is 1.80 bits per heavy atom. The van der Waals surface area contributed by atoms with Crippen molar-refractivity contribution < 1.29 is 9.90 Å². The number of hydrogen-bond donors (Lipinski definition) is 1. The maximum Gasteiger partial charge on any atom is 0.358 e. The Hall–Kier alpha value is -1.39. The first-order chi connectivity index (χ1) is 9.61. The normalized spacial score (nSPS) is 38.4. The zero-order valence-corrected chi connectivity index (χ0v) is 11.9. The van der Waals surface area contributed by atoms with Crippen LogP contribution >= 0.6 is 0 Å². The van der Waals surface area contributed by atoms with Gasteiger partial charge in [-0.15, -0.1) is 5.10 Å². The molecule has 0 unspecified atom stereocenters. The largest absolute Gasteiger partial charge is 0.476 e. The Kier molecular flexibility index (Phi) is 2.51. The fourth-order valence-corrected chi connectivity index (χ4v) is 5.49. The maximum atomic E-state index is 11.3. The van der Waals surface area contributed by atoms with Crippen LogP contribution in [0.2, 0.25) is 0 Å². The Balaban J connectivity index is 1.79. The van der Waals surface area contributed by atoms with Crippen LogP contribution in [0.25, 0.3) is 0 Å². The Bertz CT molecular complexity index is 528. The number of aromatic nitrogens is 3. The van der Waals surface area contributed by atoms with Crippen LogP contribution in [0, 0.1) is 17.8 Å². The number of carboxylic acids is 1. The molecule has 0 aromatic carbocycles. The molecule has 0 spiro atoms. The standard InChI is InChI=1S/C15H21N3O2/c1-2-12-13(14(19)20)16-17-18(12)15-6-9-3-10(7-15)5-11(4-9)8-15/h9-11H,2-8H2,1H3,(H,19,20). The van der Waals surface area contributed by atoms with Crippen LogP contribution in [0.4, 0.5) is 0 Å². The monoisotopic (exact) mass is 275 g/mol. The molecule has 1 heterocycles. The van der Waals surface area contributed by atoms with Gasteiger partial charge in [-0.05, 0) is 62.7 Å². The molecule has 0 radical (unpaired) electrons. The summed E-state index contributed by atoms with van der Waals surface area (Å²) in [4.78, 5) is 11.3. The van der Waals surface area contributed by atoms with Crippen molar-refractivity contribution in [3.05, 3.63) is 11.4 Å². The molecule has 4 aliphatic rings. The molecule has 4 bridgehead atoms. The van der Waals surface area contributed by atoms with Gasteiger partial charge < -0.3 is 5.11 Å². The number of nitrogens with zero attached hydrogens (tertiary/aromatic N) is 3. The van der Waals surface area contributed by atoms with E-state index in [2.05, 4.69) is 10.3 Å². The number of hydrogen-bond acceptors (Lipinski definition) is 3. The van der Waals surface area contributed by atoms with E-state index >= 15 is 0 Å². The summed E-state index contributed by atoms with van der Waals surface area (Å²) in [5, 5.41) is 17.5.